The molecule has 2 N–H and O–H groups in total. The van der Waals surface area contributed by atoms with Gasteiger partial charge in [0.2, 0.25) is 0 Å². The number of nitrogens with two attached hydrogens (primary N) is 1. The van der Waals surface area contributed by atoms with Crippen LogP contribution >= 0.6 is 15.9 Å². The molecule has 0 amide bonds. The van der Waals surface area contributed by atoms with Crippen molar-refractivity contribution in [3.05, 3.63) is 40.0 Å². The van der Waals surface area contributed by atoms with Crippen molar-refractivity contribution in [1.29, 1.82) is 0 Å². The van der Waals surface area contributed by atoms with E-state index >= 15 is 0 Å². The third kappa shape index (κ3) is 1.90. The number of halogens is 1. The van der Waals surface area contributed by atoms with Gasteiger partial charge in [-0.2, -0.15) is 5.10 Å². The van der Waals surface area contributed by atoms with Crippen LogP contribution in [0.25, 0.3) is 11.3 Å². The molecule has 0 aliphatic carbocycles. The van der Waals surface area contributed by atoms with Gasteiger partial charge in [0.1, 0.15) is 0 Å². The first-order chi connectivity index (χ1) is 7.63. The Morgan fingerprint density at radius 3 is 2.44 bits per heavy atom. The number of aromatic nitrogens is 2. The summed E-state index contributed by atoms with van der Waals surface area (Å²) >= 11 is 3.42. The summed E-state index contributed by atoms with van der Waals surface area (Å²) < 4.78 is 2.93. The maximum atomic E-state index is 5.70. The highest BCUT2D eigenvalue weighted by molar-refractivity contribution is 9.10. The van der Waals surface area contributed by atoms with E-state index < -0.39 is 0 Å². The van der Waals surface area contributed by atoms with E-state index in [1.54, 1.807) is 0 Å². The van der Waals surface area contributed by atoms with Crippen LogP contribution < -0.4 is 5.73 Å². The zero-order valence-corrected chi connectivity index (χ0v) is 11.0. The van der Waals surface area contributed by atoms with Gasteiger partial charge in [-0.3, -0.25) is 4.68 Å². The van der Waals surface area contributed by atoms with Crippen molar-refractivity contribution in [3.8, 4) is 11.3 Å². The summed E-state index contributed by atoms with van der Waals surface area (Å²) in [5, 5.41) is 4.50. The molecule has 0 bridgehead atoms. The number of aryl methyl sites for hydroxylation is 1. The Bertz CT molecular complexity index is 500. The van der Waals surface area contributed by atoms with Gasteiger partial charge >= 0.3 is 0 Å². The molecule has 0 aliphatic heterocycles. The summed E-state index contributed by atoms with van der Waals surface area (Å²) in [5.41, 5.74) is 10.1. The van der Waals surface area contributed by atoms with Crippen LogP contribution in [0, 0.1) is 6.92 Å². The topological polar surface area (TPSA) is 43.8 Å². The first-order valence-corrected chi connectivity index (χ1v) is 5.91. The van der Waals surface area contributed by atoms with Gasteiger partial charge < -0.3 is 5.73 Å². The summed E-state index contributed by atoms with van der Waals surface area (Å²) in [4.78, 5) is 0. The molecule has 1 aromatic carbocycles. The predicted molar refractivity (Wildman–Crippen MR) is 69.0 cm³/mol. The maximum absolute atomic E-state index is 5.70. The van der Waals surface area contributed by atoms with E-state index in [-0.39, 0.29) is 0 Å². The van der Waals surface area contributed by atoms with Gasteiger partial charge in [0.15, 0.2) is 0 Å². The highest BCUT2D eigenvalue weighted by Gasteiger charge is 2.12. The Morgan fingerprint density at radius 1 is 1.31 bits per heavy atom. The Kier molecular flexibility index (Phi) is 3.12. The van der Waals surface area contributed by atoms with Crippen LogP contribution in [0.1, 0.15) is 11.3 Å². The van der Waals surface area contributed by atoms with E-state index in [4.69, 9.17) is 5.73 Å². The lowest BCUT2D eigenvalue weighted by Crippen LogP contribution is -2.05. The first kappa shape index (κ1) is 11.4. The average molecular weight is 280 g/mol. The summed E-state index contributed by atoms with van der Waals surface area (Å²) in [7, 11) is 1.93. The zero-order chi connectivity index (χ0) is 11.7. The van der Waals surface area contributed by atoms with Gasteiger partial charge in [-0.1, -0.05) is 28.1 Å². The minimum Gasteiger partial charge on any atom is -0.325 e. The summed E-state index contributed by atoms with van der Waals surface area (Å²) in [6.07, 6.45) is 0. The Labute approximate surface area is 103 Å². The number of benzene rings is 1. The molecule has 0 aliphatic rings. The van der Waals surface area contributed by atoms with Gasteiger partial charge in [-0.05, 0) is 24.6 Å². The van der Waals surface area contributed by atoms with E-state index in [9.17, 15) is 0 Å². The molecule has 4 heteroatoms. The molecule has 2 rings (SSSR count). The van der Waals surface area contributed by atoms with Crippen molar-refractivity contribution in [2.24, 2.45) is 12.8 Å². The van der Waals surface area contributed by atoms with Gasteiger partial charge in [0.05, 0.1) is 11.4 Å². The fraction of sp³-hybridized carbons (Fsp3) is 0.250. The minimum absolute atomic E-state index is 0.520. The molecule has 0 saturated heterocycles. The van der Waals surface area contributed by atoms with Crippen LogP contribution in [-0.2, 0) is 13.6 Å². The zero-order valence-electron chi connectivity index (χ0n) is 9.37. The SMILES string of the molecule is Cc1c(-c2ccc(Br)cc2)nn(C)c1CN. The number of nitrogens with zero attached hydrogens (tertiary/aromatic N) is 2. The summed E-state index contributed by atoms with van der Waals surface area (Å²) in [6.45, 7) is 2.58. The second-order valence-corrected chi connectivity index (χ2v) is 4.67. The highest BCUT2D eigenvalue weighted by Crippen LogP contribution is 2.25. The molecule has 16 heavy (non-hydrogen) atoms. The molecule has 0 unspecified atom stereocenters. The molecule has 0 atom stereocenters. The number of hydrogen-bond acceptors (Lipinski definition) is 2. The molecule has 0 saturated carbocycles. The predicted octanol–water partition coefficient (Wildman–Crippen LogP) is 2.62. The van der Waals surface area contributed by atoms with Crippen LogP contribution in [0.2, 0.25) is 0 Å². The standard InChI is InChI=1S/C12H14BrN3/c1-8-11(7-14)16(2)15-12(8)9-3-5-10(13)6-4-9/h3-6H,7,14H2,1-2H3. The fourth-order valence-electron chi connectivity index (χ4n) is 1.83. The highest BCUT2D eigenvalue weighted by atomic mass is 79.9. The number of hydrogen-bond donors (Lipinski definition) is 1. The lowest BCUT2D eigenvalue weighted by atomic mass is 10.1. The lowest BCUT2D eigenvalue weighted by molar-refractivity contribution is 0.712. The van der Waals surface area contributed by atoms with Gasteiger partial charge in [0.25, 0.3) is 0 Å². The monoisotopic (exact) mass is 279 g/mol. The van der Waals surface area contributed by atoms with Crippen LogP contribution in [0.15, 0.2) is 28.7 Å². The molecule has 0 fully saturated rings. The van der Waals surface area contributed by atoms with E-state index in [0.29, 0.717) is 6.54 Å². The first-order valence-electron chi connectivity index (χ1n) is 5.12. The van der Waals surface area contributed by atoms with Crippen molar-refractivity contribution in [2.45, 2.75) is 13.5 Å². The molecular weight excluding hydrogens is 266 g/mol. The maximum Gasteiger partial charge on any atom is 0.0955 e. The Morgan fingerprint density at radius 2 is 1.94 bits per heavy atom. The molecule has 1 aromatic heterocycles. The van der Waals surface area contributed by atoms with Crippen LogP contribution in [-0.4, -0.2) is 9.78 Å². The van der Waals surface area contributed by atoms with Crippen LogP contribution in [0.3, 0.4) is 0 Å². The Balaban J connectivity index is 2.52. The van der Waals surface area contributed by atoms with Crippen LogP contribution in [0.5, 0.6) is 0 Å². The molecule has 84 valence electrons. The third-order valence-corrected chi connectivity index (χ3v) is 3.27. The molecule has 1 heterocycles. The second-order valence-electron chi connectivity index (χ2n) is 3.75. The van der Waals surface area contributed by atoms with E-state index in [0.717, 1.165) is 27.0 Å². The van der Waals surface area contributed by atoms with Crippen LogP contribution in [0.4, 0.5) is 0 Å². The minimum atomic E-state index is 0.520. The van der Waals surface area contributed by atoms with Gasteiger partial charge in [-0.15, -0.1) is 0 Å². The van der Waals surface area contributed by atoms with Gasteiger partial charge in [0, 0.05) is 23.6 Å². The van der Waals surface area contributed by atoms with Crippen molar-refractivity contribution in [2.75, 3.05) is 0 Å². The second kappa shape index (κ2) is 4.39. The fourth-order valence-corrected chi connectivity index (χ4v) is 2.10. The molecule has 0 spiro atoms. The smallest absolute Gasteiger partial charge is 0.0955 e. The lowest BCUT2D eigenvalue weighted by Gasteiger charge is -1.99. The van der Waals surface area contributed by atoms with Gasteiger partial charge in [-0.25, -0.2) is 0 Å². The molecule has 0 radical (unpaired) electrons. The normalized spacial score (nSPS) is 10.8. The van der Waals surface area contributed by atoms with E-state index in [1.807, 2.05) is 23.9 Å². The average Bonchev–Trinajstić information content (AvgIpc) is 2.55. The molecule has 3 nitrogen and oxygen atoms in total. The van der Waals surface area contributed by atoms with Crippen molar-refractivity contribution < 1.29 is 0 Å². The quantitative estimate of drug-likeness (QED) is 0.919. The molecular formula is C12H14BrN3. The van der Waals surface area contributed by atoms with E-state index in [2.05, 4.69) is 40.1 Å². The number of rotatable bonds is 2. The largest absolute Gasteiger partial charge is 0.325 e. The third-order valence-electron chi connectivity index (χ3n) is 2.74. The Hall–Kier alpha value is -1.13. The van der Waals surface area contributed by atoms with E-state index in [1.165, 1.54) is 0 Å². The van der Waals surface area contributed by atoms with Crippen molar-refractivity contribution in [1.82, 2.24) is 9.78 Å². The summed E-state index contributed by atoms with van der Waals surface area (Å²) in [5.74, 6) is 0. The summed E-state index contributed by atoms with van der Waals surface area (Å²) in [6, 6.07) is 8.15. The van der Waals surface area contributed by atoms with Crippen molar-refractivity contribution in [3.63, 3.8) is 0 Å². The van der Waals surface area contributed by atoms with Crippen molar-refractivity contribution >= 4 is 15.9 Å². The molecule has 2 aromatic rings.